The third-order valence-corrected chi connectivity index (χ3v) is 2.33. The van der Waals surface area contributed by atoms with Gasteiger partial charge in [0.15, 0.2) is 0 Å². The zero-order valence-corrected chi connectivity index (χ0v) is 5.97. The highest BCUT2D eigenvalue weighted by Crippen LogP contribution is 2.16. The predicted octanol–water partition coefficient (Wildman–Crippen LogP) is -0.562. The number of nitrogens with one attached hydrogen (secondary N) is 1. The van der Waals surface area contributed by atoms with Gasteiger partial charge in [0.1, 0.15) is 0 Å². The number of fused-ring (bicyclic) bond motifs is 2. The van der Waals surface area contributed by atoms with E-state index in [1.165, 1.54) is 6.42 Å². The second-order valence-corrected chi connectivity index (χ2v) is 3.19. The van der Waals surface area contributed by atoms with Crippen molar-refractivity contribution in [2.75, 3.05) is 26.2 Å². The summed E-state index contributed by atoms with van der Waals surface area (Å²) in [5, 5.41) is 2.90. The number of rotatable bonds is 0. The van der Waals surface area contributed by atoms with E-state index >= 15 is 0 Å². The summed E-state index contributed by atoms with van der Waals surface area (Å²) in [6, 6.07) is 0. The van der Waals surface area contributed by atoms with Crippen molar-refractivity contribution < 1.29 is 4.79 Å². The Morgan fingerprint density at radius 1 is 1.60 bits per heavy atom. The fourth-order valence-corrected chi connectivity index (χ4v) is 1.74. The minimum Gasteiger partial charge on any atom is -0.355 e. The molecule has 2 rings (SSSR count). The van der Waals surface area contributed by atoms with Crippen LogP contribution in [0.15, 0.2) is 0 Å². The van der Waals surface area contributed by atoms with Gasteiger partial charge in [0.25, 0.3) is 0 Å². The van der Waals surface area contributed by atoms with Gasteiger partial charge in [-0.05, 0) is 18.9 Å². The summed E-state index contributed by atoms with van der Waals surface area (Å²) in [6.45, 7) is 3.77. The topological polar surface area (TPSA) is 32.3 Å². The minimum absolute atomic E-state index is 0.196. The molecule has 0 spiro atoms. The van der Waals surface area contributed by atoms with Crippen molar-refractivity contribution in [3.05, 3.63) is 0 Å². The smallest absolute Gasteiger partial charge is 0.234 e. The van der Waals surface area contributed by atoms with Crippen LogP contribution in [0.1, 0.15) is 6.42 Å². The Hall–Kier alpha value is -0.570. The number of hydrogen-bond acceptors (Lipinski definition) is 2. The van der Waals surface area contributed by atoms with Crippen molar-refractivity contribution in [1.29, 1.82) is 0 Å². The highest BCUT2D eigenvalue weighted by molar-refractivity contribution is 5.78. The first-order valence-electron chi connectivity index (χ1n) is 3.83. The molecule has 0 aromatic rings. The van der Waals surface area contributed by atoms with Crippen LogP contribution in [0.3, 0.4) is 0 Å². The van der Waals surface area contributed by atoms with Gasteiger partial charge in [0.2, 0.25) is 5.91 Å². The molecule has 0 radical (unpaired) electrons. The molecular weight excluding hydrogens is 128 g/mol. The molecule has 3 heteroatoms. The van der Waals surface area contributed by atoms with Crippen molar-refractivity contribution in [1.82, 2.24) is 10.2 Å². The van der Waals surface area contributed by atoms with Gasteiger partial charge < -0.3 is 5.32 Å². The van der Waals surface area contributed by atoms with E-state index in [-0.39, 0.29) is 5.91 Å². The molecule has 2 aliphatic rings. The van der Waals surface area contributed by atoms with Gasteiger partial charge in [0.05, 0.1) is 6.54 Å². The van der Waals surface area contributed by atoms with Gasteiger partial charge in [-0.15, -0.1) is 0 Å². The van der Waals surface area contributed by atoms with Crippen LogP contribution in [0, 0.1) is 5.92 Å². The molecule has 0 aliphatic carbocycles. The largest absolute Gasteiger partial charge is 0.355 e. The lowest BCUT2D eigenvalue weighted by Crippen LogP contribution is -2.33. The Morgan fingerprint density at radius 3 is 3.40 bits per heavy atom. The Balaban J connectivity index is 2.05. The van der Waals surface area contributed by atoms with Crippen LogP contribution in [0.5, 0.6) is 0 Å². The standard InChI is InChI=1S/C7H12N2O/c10-7-5-9-2-1-6(4-9)3-8-7/h6H,1-5H2,(H,8,10). The van der Waals surface area contributed by atoms with Gasteiger partial charge in [0, 0.05) is 13.1 Å². The van der Waals surface area contributed by atoms with Gasteiger partial charge >= 0.3 is 0 Å². The lowest BCUT2D eigenvalue weighted by atomic mass is 10.1. The van der Waals surface area contributed by atoms with Gasteiger partial charge in [-0.25, -0.2) is 0 Å². The summed E-state index contributed by atoms with van der Waals surface area (Å²) < 4.78 is 0. The average Bonchev–Trinajstić information content (AvgIpc) is 2.22. The van der Waals surface area contributed by atoms with Crippen molar-refractivity contribution in [2.24, 2.45) is 5.92 Å². The number of carbonyl (C=O) groups excluding carboxylic acids is 1. The lowest BCUT2D eigenvalue weighted by molar-refractivity contribution is -0.121. The molecule has 2 saturated heterocycles. The summed E-state index contributed by atoms with van der Waals surface area (Å²) in [5.74, 6) is 0.925. The van der Waals surface area contributed by atoms with Gasteiger partial charge in [-0.3, -0.25) is 9.69 Å². The summed E-state index contributed by atoms with van der Waals surface area (Å²) in [6.07, 6.45) is 1.26. The van der Waals surface area contributed by atoms with Gasteiger partial charge in [-0.2, -0.15) is 0 Å². The predicted molar refractivity (Wildman–Crippen MR) is 37.6 cm³/mol. The zero-order valence-electron chi connectivity index (χ0n) is 5.97. The maximum atomic E-state index is 10.9. The molecule has 1 amide bonds. The summed E-state index contributed by atoms with van der Waals surface area (Å²) >= 11 is 0. The van der Waals surface area contributed by atoms with E-state index in [4.69, 9.17) is 0 Å². The monoisotopic (exact) mass is 140 g/mol. The average molecular weight is 140 g/mol. The molecule has 2 unspecified atom stereocenters. The summed E-state index contributed by atoms with van der Waals surface area (Å²) in [7, 11) is 0. The van der Waals surface area contributed by atoms with Crippen molar-refractivity contribution >= 4 is 5.91 Å². The zero-order chi connectivity index (χ0) is 6.97. The van der Waals surface area contributed by atoms with E-state index in [1.807, 2.05) is 0 Å². The molecule has 3 nitrogen and oxygen atoms in total. The van der Waals surface area contributed by atoms with E-state index < -0.39 is 0 Å². The van der Waals surface area contributed by atoms with E-state index in [0.29, 0.717) is 6.54 Å². The second-order valence-electron chi connectivity index (χ2n) is 3.19. The third kappa shape index (κ3) is 1.01. The molecule has 2 fully saturated rings. The van der Waals surface area contributed by atoms with Crippen molar-refractivity contribution in [3.8, 4) is 0 Å². The number of carbonyl (C=O) groups is 1. The van der Waals surface area contributed by atoms with E-state index in [0.717, 1.165) is 25.6 Å². The normalized spacial score (nSPS) is 39.0. The molecule has 2 atom stereocenters. The van der Waals surface area contributed by atoms with Crippen LogP contribution >= 0.6 is 0 Å². The Kier molecular flexibility index (Phi) is 1.38. The van der Waals surface area contributed by atoms with Crippen molar-refractivity contribution in [3.63, 3.8) is 0 Å². The number of nitrogens with zero attached hydrogens (tertiary/aromatic N) is 1. The number of hydrogen-bond donors (Lipinski definition) is 1. The molecule has 2 bridgehead atoms. The molecule has 10 heavy (non-hydrogen) atoms. The van der Waals surface area contributed by atoms with Crippen LogP contribution in [0.4, 0.5) is 0 Å². The highest BCUT2D eigenvalue weighted by atomic mass is 16.2. The SMILES string of the molecule is O=C1CN2CCC(CN1)C2. The fourth-order valence-electron chi connectivity index (χ4n) is 1.74. The van der Waals surface area contributed by atoms with Crippen LogP contribution in [-0.4, -0.2) is 37.0 Å². The van der Waals surface area contributed by atoms with E-state index in [1.54, 1.807) is 0 Å². The lowest BCUT2D eigenvalue weighted by Gasteiger charge is -2.10. The molecule has 0 saturated carbocycles. The quantitative estimate of drug-likeness (QED) is 0.489. The van der Waals surface area contributed by atoms with Crippen LogP contribution in [0.25, 0.3) is 0 Å². The molecule has 0 aromatic carbocycles. The molecule has 1 N–H and O–H groups in total. The summed E-state index contributed by atoms with van der Waals surface area (Å²) in [5.41, 5.74) is 0. The van der Waals surface area contributed by atoms with E-state index in [2.05, 4.69) is 10.2 Å². The van der Waals surface area contributed by atoms with Crippen LogP contribution < -0.4 is 5.32 Å². The third-order valence-electron chi connectivity index (χ3n) is 2.33. The summed E-state index contributed by atoms with van der Waals surface area (Å²) in [4.78, 5) is 13.1. The number of amides is 1. The molecular formula is C7H12N2O. The Morgan fingerprint density at radius 2 is 2.50 bits per heavy atom. The van der Waals surface area contributed by atoms with Crippen LogP contribution in [0.2, 0.25) is 0 Å². The Bertz CT molecular complexity index is 158. The molecule has 0 aromatic heterocycles. The maximum Gasteiger partial charge on any atom is 0.234 e. The first-order chi connectivity index (χ1) is 4.84. The first-order valence-corrected chi connectivity index (χ1v) is 3.83. The fraction of sp³-hybridized carbons (Fsp3) is 0.857. The first kappa shape index (κ1) is 6.16. The maximum absolute atomic E-state index is 10.9. The van der Waals surface area contributed by atoms with Gasteiger partial charge in [-0.1, -0.05) is 0 Å². The second kappa shape index (κ2) is 2.23. The van der Waals surface area contributed by atoms with Crippen LogP contribution in [-0.2, 0) is 4.79 Å². The van der Waals surface area contributed by atoms with Crippen molar-refractivity contribution in [2.45, 2.75) is 6.42 Å². The molecule has 56 valence electrons. The molecule has 2 heterocycles. The molecule has 2 aliphatic heterocycles. The highest BCUT2D eigenvalue weighted by Gasteiger charge is 2.27. The van der Waals surface area contributed by atoms with E-state index in [9.17, 15) is 4.79 Å². The minimum atomic E-state index is 0.196. The Labute approximate surface area is 60.4 Å².